The van der Waals surface area contributed by atoms with Crippen LogP contribution in [0, 0.1) is 0 Å². The van der Waals surface area contributed by atoms with E-state index in [-0.39, 0.29) is 6.54 Å². The molecule has 0 aromatic carbocycles. The molecule has 0 spiro atoms. The average Bonchev–Trinajstić information content (AvgIpc) is 2.27. The molecule has 0 aromatic rings. The lowest BCUT2D eigenvalue weighted by atomic mass is 9.83. The maximum atomic E-state index is 11.6. The van der Waals surface area contributed by atoms with E-state index in [2.05, 4.69) is 4.72 Å². The number of carboxylic acids is 1. The molecule has 7 heteroatoms. The number of nitrogens with two attached hydrogens (primary N) is 1. The van der Waals surface area contributed by atoms with Crippen LogP contribution in [0.1, 0.15) is 39.0 Å². The SMILES string of the molecule is CC(C(=O)O)S(=O)(=O)NCC1(N)CCCCC1. The molecular weight excluding hydrogens is 244 g/mol. The monoisotopic (exact) mass is 264 g/mol. The Labute approximate surface area is 102 Å². The van der Waals surface area contributed by atoms with Gasteiger partial charge in [-0.2, -0.15) is 0 Å². The number of carbonyl (C=O) groups is 1. The molecule has 17 heavy (non-hydrogen) atoms. The lowest BCUT2D eigenvalue weighted by molar-refractivity contribution is -0.136. The summed E-state index contributed by atoms with van der Waals surface area (Å²) >= 11 is 0. The van der Waals surface area contributed by atoms with E-state index in [1.165, 1.54) is 0 Å². The number of carboxylic acid groups (broad SMARTS) is 1. The fourth-order valence-electron chi connectivity index (χ4n) is 1.93. The van der Waals surface area contributed by atoms with Crippen LogP contribution < -0.4 is 10.5 Å². The van der Waals surface area contributed by atoms with Crippen molar-refractivity contribution in [3.8, 4) is 0 Å². The highest BCUT2D eigenvalue weighted by Gasteiger charge is 2.32. The van der Waals surface area contributed by atoms with Gasteiger partial charge in [0.2, 0.25) is 10.0 Å². The van der Waals surface area contributed by atoms with Crippen LogP contribution in [0.15, 0.2) is 0 Å². The Morgan fingerprint density at radius 1 is 1.41 bits per heavy atom. The van der Waals surface area contributed by atoms with E-state index in [4.69, 9.17) is 10.8 Å². The Bertz CT molecular complexity index is 374. The molecule has 4 N–H and O–H groups in total. The molecule has 1 aliphatic rings. The first kappa shape index (κ1) is 14.4. The topological polar surface area (TPSA) is 109 Å². The maximum absolute atomic E-state index is 11.6. The van der Waals surface area contributed by atoms with E-state index in [0.717, 1.165) is 39.0 Å². The van der Waals surface area contributed by atoms with Crippen molar-refractivity contribution >= 4 is 16.0 Å². The Morgan fingerprint density at radius 3 is 2.41 bits per heavy atom. The first-order chi connectivity index (χ1) is 7.77. The molecule has 1 rings (SSSR count). The number of aliphatic carboxylic acids is 1. The third kappa shape index (κ3) is 3.93. The first-order valence-corrected chi connectivity index (χ1v) is 7.32. The van der Waals surface area contributed by atoms with Crippen molar-refractivity contribution in [1.29, 1.82) is 0 Å². The molecular formula is C10H20N2O4S. The van der Waals surface area contributed by atoms with Crippen LogP contribution in [0.5, 0.6) is 0 Å². The van der Waals surface area contributed by atoms with Crippen LogP contribution in [-0.2, 0) is 14.8 Å². The van der Waals surface area contributed by atoms with Crippen LogP contribution in [0.4, 0.5) is 0 Å². The van der Waals surface area contributed by atoms with Crippen molar-refractivity contribution in [1.82, 2.24) is 4.72 Å². The molecule has 0 saturated heterocycles. The highest BCUT2D eigenvalue weighted by molar-refractivity contribution is 7.90. The molecule has 100 valence electrons. The third-order valence-electron chi connectivity index (χ3n) is 3.29. The zero-order chi connectivity index (χ0) is 13.1. The highest BCUT2D eigenvalue weighted by atomic mass is 32.2. The zero-order valence-corrected chi connectivity index (χ0v) is 10.8. The van der Waals surface area contributed by atoms with Crippen LogP contribution in [-0.4, -0.2) is 36.8 Å². The molecule has 0 radical (unpaired) electrons. The Kier molecular flexibility index (Phi) is 4.51. The Morgan fingerprint density at radius 2 is 1.94 bits per heavy atom. The van der Waals surface area contributed by atoms with E-state index < -0.39 is 26.8 Å². The lowest BCUT2D eigenvalue weighted by Crippen LogP contribution is -2.53. The summed E-state index contributed by atoms with van der Waals surface area (Å²) in [6, 6.07) is 0. The predicted molar refractivity (Wildman–Crippen MR) is 64.0 cm³/mol. The number of hydrogen-bond acceptors (Lipinski definition) is 4. The quantitative estimate of drug-likeness (QED) is 0.649. The van der Waals surface area contributed by atoms with Crippen LogP contribution >= 0.6 is 0 Å². The molecule has 0 bridgehead atoms. The molecule has 0 heterocycles. The van der Waals surface area contributed by atoms with Crippen molar-refractivity contribution in [2.75, 3.05) is 6.54 Å². The average molecular weight is 264 g/mol. The molecule has 6 nitrogen and oxygen atoms in total. The molecule has 0 amide bonds. The summed E-state index contributed by atoms with van der Waals surface area (Å²) in [4.78, 5) is 10.6. The second kappa shape index (κ2) is 5.32. The summed E-state index contributed by atoms with van der Waals surface area (Å²) in [5.41, 5.74) is 5.54. The van der Waals surface area contributed by atoms with E-state index in [1.54, 1.807) is 0 Å². The Balaban J connectivity index is 2.57. The van der Waals surface area contributed by atoms with Gasteiger partial charge in [0.05, 0.1) is 0 Å². The van der Waals surface area contributed by atoms with Gasteiger partial charge in [-0.05, 0) is 19.8 Å². The minimum absolute atomic E-state index is 0.118. The van der Waals surface area contributed by atoms with Gasteiger partial charge >= 0.3 is 5.97 Å². The van der Waals surface area contributed by atoms with E-state index in [0.29, 0.717) is 0 Å². The summed E-state index contributed by atoms with van der Waals surface area (Å²) in [6.45, 7) is 1.27. The molecule has 1 saturated carbocycles. The molecule has 1 atom stereocenters. The molecule has 1 unspecified atom stereocenters. The molecule has 0 aromatic heterocycles. The third-order valence-corrected chi connectivity index (χ3v) is 4.97. The fourth-order valence-corrected chi connectivity index (χ4v) is 2.94. The maximum Gasteiger partial charge on any atom is 0.323 e. The van der Waals surface area contributed by atoms with Gasteiger partial charge in [0.1, 0.15) is 0 Å². The highest BCUT2D eigenvalue weighted by Crippen LogP contribution is 2.25. The van der Waals surface area contributed by atoms with Gasteiger partial charge in [-0.15, -0.1) is 0 Å². The van der Waals surface area contributed by atoms with E-state index in [9.17, 15) is 13.2 Å². The van der Waals surface area contributed by atoms with Crippen LogP contribution in [0.2, 0.25) is 0 Å². The summed E-state index contributed by atoms with van der Waals surface area (Å²) in [5, 5.41) is 7.22. The summed E-state index contributed by atoms with van der Waals surface area (Å²) in [6.07, 6.45) is 4.66. The zero-order valence-electron chi connectivity index (χ0n) is 9.98. The largest absolute Gasteiger partial charge is 0.480 e. The summed E-state index contributed by atoms with van der Waals surface area (Å²) in [5.74, 6) is -1.35. The molecule has 1 aliphatic carbocycles. The van der Waals surface area contributed by atoms with Crippen molar-refractivity contribution < 1.29 is 18.3 Å². The van der Waals surface area contributed by atoms with Crippen molar-refractivity contribution in [3.63, 3.8) is 0 Å². The Hall–Kier alpha value is -0.660. The van der Waals surface area contributed by atoms with E-state index in [1.807, 2.05) is 0 Å². The minimum atomic E-state index is -3.83. The van der Waals surface area contributed by atoms with Gasteiger partial charge in [0, 0.05) is 12.1 Å². The van der Waals surface area contributed by atoms with E-state index >= 15 is 0 Å². The van der Waals surface area contributed by atoms with Crippen LogP contribution in [0.3, 0.4) is 0 Å². The lowest BCUT2D eigenvalue weighted by Gasteiger charge is -2.33. The number of sulfonamides is 1. The van der Waals surface area contributed by atoms with Crippen molar-refractivity contribution in [2.24, 2.45) is 5.73 Å². The van der Waals surface area contributed by atoms with Crippen molar-refractivity contribution in [2.45, 2.75) is 49.8 Å². The first-order valence-electron chi connectivity index (χ1n) is 5.77. The van der Waals surface area contributed by atoms with Gasteiger partial charge < -0.3 is 10.8 Å². The molecule has 1 fully saturated rings. The second-order valence-corrected chi connectivity index (χ2v) is 6.86. The number of nitrogens with one attached hydrogen (secondary N) is 1. The second-order valence-electron chi connectivity index (χ2n) is 4.77. The van der Waals surface area contributed by atoms with Gasteiger partial charge in [0.25, 0.3) is 0 Å². The number of hydrogen-bond donors (Lipinski definition) is 3. The van der Waals surface area contributed by atoms with Crippen LogP contribution in [0.25, 0.3) is 0 Å². The van der Waals surface area contributed by atoms with Gasteiger partial charge in [0.15, 0.2) is 5.25 Å². The van der Waals surface area contributed by atoms with Gasteiger partial charge in [-0.3, -0.25) is 4.79 Å². The van der Waals surface area contributed by atoms with Gasteiger partial charge in [-0.25, -0.2) is 13.1 Å². The predicted octanol–water partition coefficient (Wildman–Crippen LogP) is 0.0405. The number of rotatable bonds is 5. The molecule has 0 aliphatic heterocycles. The van der Waals surface area contributed by atoms with Gasteiger partial charge in [-0.1, -0.05) is 19.3 Å². The smallest absolute Gasteiger partial charge is 0.323 e. The minimum Gasteiger partial charge on any atom is -0.480 e. The fraction of sp³-hybridized carbons (Fsp3) is 0.900. The van der Waals surface area contributed by atoms with Crippen molar-refractivity contribution in [3.05, 3.63) is 0 Å². The standard InChI is InChI=1S/C10H20N2O4S/c1-8(9(13)14)17(15,16)12-7-10(11)5-3-2-4-6-10/h8,12H,2-7,11H2,1H3,(H,13,14). The summed E-state index contributed by atoms with van der Waals surface area (Å²) < 4.78 is 25.5. The normalized spacial score (nSPS) is 22.0. The summed E-state index contributed by atoms with van der Waals surface area (Å²) in [7, 11) is -3.83.